The zero-order chi connectivity index (χ0) is 15.9. The predicted molar refractivity (Wildman–Crippen MR) is 92.3 cm³/mol. The van der Waals surface area contributed by atoms with Crippen molar-refractivity contribution in [3.63, 3.8) is 0 Å². The Bertz CT molecular complexity index is 754. The smallest absolute Gasteiger partial charge is 0.238 e. The number of anilines is 1. The van der Waals surface area contributed by atoms with Crippen LogP contribution in [0.2, 0.25) is 15.1 Å². The van der Waals surface area contributed by atoms with Crippen LogP contribution >= 0.6 is 46.6 Å². The van der Waals surface area contributed by atoms with Crippen molar-refractivity contribution in [2.45, 2.75) is 5.37 Å². The van der Waals surface area contributed by atoms with Crippen LogP contribution in [-0.2, 0) is 4.79 Å². The number of carbonyl (C=O) groups is 1. The summed E-state index contributed by atoms with van der Waals surface area (Å²) in [7, 11) is 0. The molecule has 22 heavy (non-hydrogen) atoms. The van der Waals surface area contributed by atoms with E-state index in [1.807, 2.05) is 0 Å². The Hall–Kier alpha value is -1.07. The van der Waals surface area contributed by atoms with Crippen molar-refractivity contribution in [2.75, 3.05) is 10.7 Å². The Balaban J connectivity index is 2.06. The third-order valence-electron chi connectivity index (χ3n) is 3.29. The molecular weight excluding hydrogens is 365 g/mol. The molecule has 1 atom stereocenters. The van der Waals surface area contributed by atoms with Crippen molar-refractivity contribution >= 4 is 58.2 Å². The minimum atomic E-state index is -0.315. The maximum atomic E-state index is 12.3. The van der Waals surface area contributed by atoms with Gasteiger partial charge in [0.25, 0.3) is 0 Å². The average molecular weight is 375 g/mol. The van der Waals surface area contributed by atoms with E-state index in [0.29, 0.717) is 26.5 Å². The van der Waals surface area contributed by atoms with Crippen LogP contribution in [0.1, 0.15) is 10.9 Å². The van der Waals surface area contributed by atoms with Crippen LogP contribution in [0.25, 0.3) is 0 Å². The third-order valence-corrected chi connectivity index (χ3v) is 5.29. The number of aromatic hydroxyl groups is 1. The molecule has 2 aromatic carbocycles. The summed E-state index contributed by atoms with van der Waals surface area (Å²) in [5.74, 6) is 0.170. The van der Waals surface area contributed by atoms with E-state index in [-0.39, 0.29) is 17.0 Å². The van der Waals surface area contributed by atoms with Gasteiger partial charge in [0.1, 0.15) is 11.1 Å². The van der Waals surface area contributed by atoms with E-state index >= 15 is 0 Å². The first-order valence-electron chi connectivity index (χ1n) is 6.34. The summed E-state index contributed by atoms with van der Waals surface area (Å²) in [6, 6.07) is 9.83. The molecule has 1 N–H and O–H groups in total. The van der Waals surface area contributed by atoms with Crippen molar-refractivity contribution in [3.05, 3.63) is 57.0 Å². The van der Waals surface area contributed by atoms with Gasteiger partial charge in [-0.2, -0.15) is 0 Å². The van der Waals surface area contributed by atoms with E-state index in [1.54, 1.807) is 30.3 Å². The fourth-order valence-corrected chi connectivity index (χ4v) is 4.26. The molecule has 3 rings (SSSR count). The summed E-state index contributed by atoms with van der Waals surface area (Å²) in [6.07, 6.45) is 0. The maximum Gasteiger partial charge on any atom is 0.238 e. The fraction of sp³-hybridized carbons (Fsp3) is 0.133. The maximum absolute atomic E-state index is 12.3. The SMILES string of the molecule is O=C1CSC(c2ccc(Cl)cc2Cl)N1c1ccc(Cl)cc1O. The van der Waals surface area contributed by atoms with E-state index < -0.39 is 0 Å². The summed E-state index contributed by atoms with van der Waals surface area (Å²) in [5.41, 5.74) is 1.19. The first-order chi connectivity index (χ1) is 10.5. The molecule has 1 heterocycles. The molecule has 1 amide bonds. The van der Waals surface area contributed by atoms with Crippen LogP contribution < -0.4 is 4.90 Å². The van der Waals surface area contributed by atoms with Gasteiger partial charge in [0.2, 0.25) is 5.91 Å². The highest BCUT2D eigenvalue weighted by atomic mass is 35.5. The molecule has 0 spiro atoms. The number of thioether (sulfide) groups is 1. The van der Waals surface area contributed by atoms with Gasteiger partial charge in [-0.15, -0.1) is 11.8 Å². The van der Waals surface area contributed by atoms with Crippen LogP contribution in [0, 0.1) is 0 Å². The van der Waals surface area contributed by atoms with Gasteiger partial charge in [-0.25, -0.2) is 0 Å². The third kappa shape index (κ3) is 2.88. The second kappa shape index (κ2) is 6.20. The minimum Gasteiger partial charge on any atom is -0.506 e. The van der Waals surface area contributed by atoms with Crippen LogP contribution in [0.3, 0.4) is 0 Å². The van der Waals surface area contributed by atoms with Gasteiger partial charge in [0.15, 0.2) is 0 Å². The Morgan fingerprint density at radius 2 is 1.77 bits per heavy atom. The molecule has 3 nitrogen and oxygen atoms in total. The number of carbonyl (C=O) groups excluding carboxylic acids is 1. The number of benzene rings is 2. The summed E-state index contributed by atoms with van der Waals surface area (Å²) >= 11 is 19.5. The monoisotopic (exact) mass is 373 g/mol. The molecule has 0 aliphatic carbocycles. The van der Waals surface area contributed by atoms with E-state index in [4.69, 9.17) is 34.8 Å². The van der Waals surface area contributed by atoms with Crippen molar-refractivity contribution in [1.82, 2.24) is 0 Å². The van der Waals surface area contributed by atoms with Crippen LogP contribution in [0.15, 0.2) is 36.4 Å². The molecule has 0 saturated carbocycles. The van der Waals surface area contributed by atoms with Gasteiger partial charge in [-0.3, -0.25) is 9.69 Å². The first kappa shape index (κ1) is 15.8. The predicted octanol–water partition coefficient (Wildman–Crippen LogP) is 5.13. The van der Waals surface area contributed by atoms with Crippen LogP contribution in [0.4, 0.5) is 5.69 Å². The Kier molecular flexibility index (Phi) is 4.46. The van der Waals surface area contributed by atoms with Gasteiger partial charge in [-0.05, 0) is 24.3 Å². The molecule has 2 aromatic rings. The number of hydrogen-bond donors (Lipinski definition) is 1. The second-order valence-corrected chi connectivity index (χ2v) is 7.07. The lowest BCUT2D eigenvalue weighted by Gasteiger charge is -2.25. The number of hydrogen-bond acceptors (Lipinski definition) is 3. The lowest BCUT2D eigenvalue weighted by atomic mass is 10.1. The molecule has 0 radical (unpaired) electrons. The van der Waals surface area contributed by atoms with E-state index in [9.17, 15) is 9.90 Å². The zero-order valence-corrected chi connectivity index (χ0v) is 14.2. The lowest BCUT2D eigenvalue weighted by molar-refractivity contribution is -0.115. The number of rotatable bonds is 2. The number of phenols is 1. The highest BCUT2D eigenvalue weighted by Crippen LogP contribution is 2.47. The Labute approximate surface area is 146 Å². The number of halogens is 3. The van der Waals surface area contributed by atoms with Gasteiger partial charge >= 0.3 is 0 Å². The number of phenolic OH excluding ortho intramolecular Hbond substituents is 1. The molecule has 1 saturated heterocycles. The van der Waals surface area contributed by atoms with E-state index in [1.165, 1.54) is 22.7 Å². The van der Waals surface area contributed by atoms with Crippen molar-refractivity contribution < 1.29 is 9.90 Å². The highest BCUT2D eigenvalue weighted by Gasteiger charge is 2.36. The minimum absolute atomic E-state index is 0.0431. The van der Waals surface area contributed by atoms with Gasteiger partial charge in [-0.1, -0.05) is 40.9 Å². The molecule has 114 valence electrons. The van der Waals surface area contributed by atoms with Crippen molar-refractivity contribution in [3.8, 4) is 5.75 Å². The molecule has 1 fully saturated rings. The fourth-order valence-electron chi connectivity index (χ4n) is 2.32. The summed E-state index contributed by atoms with van der Waals surface area (Å²) < 4.78 is 0. The van der Waals surface area contributed by atoms with E-state index in [0.717, 1.165) is 5.56 Å². The summed E-state index contributed by atoms with van der Waals surface area (Å²) in [4.78, 5) is 13.8. The van der Waals surface area contributed by atoms with Crippen LogP contribution in [-0.4, -0.2) is 16.8 Å². The number of amides is 1. The van der Waals surface area contributed by atoms with Crippen molar-refractivity contribution in [2.24, 2.45) is 0 Å². The van der Waals surface area contributed by atoms with E-state index in [2.05, 4.69) is 0 Å². The molecule has 1 aliphatic heterocycles. The Morgan fingerprint density at radius 1 is 1.09 bits per heavy atom. The average Bonchev–Trinajstić information content (AvgIpc) is 2.81. The largest absolute Gasteiger partial charge is 0.506 e. The highest BCUT2D eigenvalue weighted by molar-refractivity contribution is 8.00. The van der Waals surface area contributed by atoms with Crippen molar-refractivity contribution in [1.29, 1.82) is 0 Å². The summed E-state index contributed by atoms with van der Waals surface area (Å²) in [6.45, 7) is 0. The molecule has 1 aliphatic rings. The molecular formula is C15H10Cl3NO2S. The Morgan fingerprint density at radius 3 is 2.45 bits per heavy atom. The summed E-state index contributed by atoms with van der Waals surface area (Å²) in [5, 5.41) is 11.2. The van der Waals surface area contributed by atoms with Gasteiger partial charge in [0.05, 0.1) is 11.4 Å². The molecule has 7 heteroatoms. The lowest BCUT2D eigenvalue weighted by Crippen LogP contribution is -2.28. The van der Waals surface area contributed by atoms with Gasteiger partial charge < -0.3 is 5.11 Å². The molecule has 1 unspecified atom stereocenters. The first-order valence-corrected chi connectivity index (χ1v) is 8.53. The van der Waals surface area contributed by atoms with Crippen LogP contribution in [0.5, 0.6) is 5.75 Å². The molecule has 0 aromatic heterocycles. The standard InChI is InChI=1S/C15H10Cl3NO2S/c16-8-1-3-10(11(18)5-8)15-19(14(21)7-22-15)12-4-2-9(17)6-13(12)20/h1-6,15,20H,7H2. The quantitative estimate of drug-likeness (QED) is 0.792. The normalized spacial score (nSPS) is 18.0. The topological polar surface area (TPSA) is 40.5 Å². The zero-order valence-electron chi connectivity index (χ0n) is 11.1. The molecule has 0 bridgehead atoms. The number of nitrogens with zero attached hydrogens (tertiary/aromatic N) is 1. The second-order valence-electron chi connectivity index (χ2n) is 4.73. The van der Waals surface area contributed by atoms with Gasteiger partial charge in [0, 0.05) is 26.7 Å².